The highest BCUT2D eigenvalue weighted by atomic mass is 19.1. The molecule has 5 heterocycles. The molecule has 9 nitrogen and oxygen atoms in total. The summed E-state index contributed by atoms with van der Waals surface area (Å²) in [5.74, 6) is -0.424. The van der Waals surface area contributed by atoms with Crippen LogP contribution in [0.25, 0.3) is 11.0 Å². The zero-order chi connectivity index (χ0) is 28.0. The van der Waals surface area contributed by atoms with E-state index >= 15 is 8.78 Å². The maximum Gasteiger partial charge on any atom is 0.324 e. The Morgan fingerprint density at radius 2 is 1.80 bits per heavy atom. The Balaban J connectivity index is 1.19. The number of amides is 1. The van der Waals surface area contributed by atoms with Crippen molar-refractivity contribution in [1.29, 1.82) is 0 Å². The SMILES string of the molecule is CC(C)(C)c1noc(N2CCC(n3cc(F)c4c(Cc5ccc(C(=O)N6CCCC6)cc5F)ncnc43)CC2)n1. The quantitative estimate of drug-likeness (QED) is 0.344. The number of halogens is 2. The zero-order valence-electron chi connectivity index (χ0n) is 23.0. The molecule has 2 aliphatic rings. The van der Waals surface area contributed by atoms with Crippen molar-refractivity contribution in [1.82, 2.24) is 29.6 Å². The summed E-state index contributed by atoms with van der Waals surface area (Å²) in [6.07, 6.45) is 6.40. The molecule has 0 N–H and O–H groups in total. The highest BCUT2D eigenvalue weighted by molar-refractivity contribution is 5.94. The Bertz CT molecular complexity index is 1540. The van der Waals surface area contributed by atoms with Gasteiger partial charge in [-0.3, -0.25) is 4.79 Å². The summed E-state index contributed by atoms with van der Waals surface area (Å²) in [5, 5.41) is 4.42. The summed E-state index contributed by atoms with van der Waals surface area (Å²) in [7, 11) is 0. The molecule has 6 rings (SSSR count). The number of fused-ring (bicyclic) bond motifs is 1. The highest BCUT2D eigenvalue weighted by Gasteiger charge is 2.29. The van der Waals surface area contributed by atoms with Crippen molar-refractivity contribution in [2.45, 2.75) is 64.3 Å². The lowest BCUT2D eigenvalue weighted by atomic mass is 9.96. The van der Waals surface area contributed by atoms with Gasteiger partial charge < -0.3 is 18.9 Å². The third kappa shape index (κ3) is 4.93. The molecule has 0 unspecified atom stereocenters. The van der Waals surface area contributed by atoms with Gasteiger partial charge in [0.15, 0.2) is 11.6 Å². The van der Waals surface area contributed by atoms with Crippen LogP contribution in [0.4, 0.5) is 14.8 Å². The minimum atomic E-state index is -0.500. The molecular formula is C29H33F2N7O2. The second-order valence-electron chi connectivity index (χ2n) is 11.8. The van der Waals surface area contributed by atoms with Crippen LogP contribution in [0.1, 0.15) is 79.9 Å². The van der Waals surface area contributed by atoms with E-state index < -0.39 is 11.6 Å². The van der Waals surface area contributed by atoms with Crippen molar-refractivity contribution in [3.05, 3.63) is 65.0 Å². The van der Waals surface area contributed by atoms with Gasteiger partial charge >= 0.3 is 6.01 Å². The fourth-order valence-corrected chi connectivity index (χ4v) is 5.60. The number of nitrogens with zero attached hydrogens (tertiary/aromatic N) is 7. The molecule has 1 aromatic carbocycles. The fraction of sp³-hybridized carbons (Fsp3) is 0.483. The van der Waals surface area contributed by atoms with Gasteiger partial charge in [-0.2, -0.15) is 4.98 Å². The lowest BCUT2D eigenvalue weighted by Crippen LogP contribution is -2.34. The Labute approximate surface area is 231 Å². The van der Waals surface area contributed by atoms with Crippen LogP contribution in [-0.2, 0) is 11.8 Å². The lowest BCUT2D eigenvalue weighted by Gasteiger charge is -2.31. The van der Waals surface area contributed by atoms with E-state index in [4.69, 9.17) is 4.52 Å². The number of benzene rings is 1. The number of carbonyl (C=O) groups excluding carboxylic acids is 1. The normalized spacial score (nSPS) is 16.8. The monoisotopic (exact) mass is 549 g/mol. The van der Waals surface area contributed by atoms with Gasteiger partial charge in [-0.15, -0.1) is 0 Å². The van der Waals surface area contributed by atoms with Crippen LogP contribution in [0, 0.1) is 11.6 Å². The maximum absolute atomic E-state index is 15.3. The van der Waals surface area contributed by atoms with Gasteiger partial charge in [-0.05, 0) is 43.4 Å². The van der Waals surface area contributed by atoms with Gasteiger partial charge in [-0.25, -0.2) is 18.7 Å². The van der Waals surface area contributed by atoms with E-state index in [1.165, 1.54) is 18.6 Å². The molecular weight excluding hydrogens is 516 g/mol. The molecule has 2 aliphatic heterocycles. The van der Waals surface area contributed by atoms with Gasteiger partial charge in [0, 0.05) is 55.8 Å². The summed E-state index contributed by atoms with van der Waals surface area (Å²) >= 11 is 0. The molecule has 0 spiro atoms. The second-order valence-corrected chi connectivity index (χ2v) is 11.8. The van der Waals surface area contributed by atoms with E-state index in [-0.39, 0.29) is 23.8 Å². The van der Waals surface area contributed by atoms with Crippen molar-refractivity contribution >= 4 is 23.0 Å². The first-order chi connectivity index (χ1) is 19.2. The van der Waals surface area contributed by atoms with E-state index in [2.05, 4.69) is 25.0 Å². The molecule has 0 saturated carbocycles. The first kappa shape index (κ1) is 26.3. The van der Waals surface area contributed by atoms with Crippen molar-refractivity contribution in [3.8, 4) is 0 Å². The van der Waals surface area contributed by atoms with Gasteiger partial charge in [0.25, 0.3) is 5.91 Å². The minimum Gasteiger partial charge on any atom is -0.339 e. The number of rotatable bonds is 5. The largest absolute Gasteiger partial charge is 0.339 e. The summed E-state index contributed by atoms with van der Waals surface area (Å²) in [6.45, 7) is 8.88. The molecule has 3 aromatic heterocycles. The standard InChI is InChI=1S/C29H33F2N7O2/c1-29(2,3)27-34-28(40-35-27)37-12-8-20(9-13-37)38-16-22(31)24-23(32-17-33-25(24)38)15-18-6-7-19(14-21(18)30)26(39)36-10-4-5-11-36/h6-7,14,16-17,20H,4-5,8-13,15H2,1-3H3. The van der Waals surface area contributed by atoms with Crippen LogP contribution in [-0.4, -0.2) is 61.7 Å². The molecule has 210 valence electrons. The second kappa shape index (κ2) is 10.3. The average Bonchev–Trinajstić information content (AvgIpc) is 3.70. The molecule has 40 heavy (non-hydrogen) atoms. The maximum atomic E-state index is 15.3. The predicted octanol–water partition coefficient (Wildman–Crippen LogP) is 5.06. The number of aromatic nitrogens is 5. The Morgan fingerprint density at radius 3 is 2.48 bits per heavy atom. The van der Waals surface area contributed by atoms with Crippen LogP contribution in [0.15, 0.2) is 35.2 Å². The van der Waals surface area contributed by atoms with Crippen LogP contribution in [0.5, 0.6) is 0 Å². The fourth-order valence-electron chi connectivity index (χ4n) is 5.60. The third-order valence-electron chi connectivity index (χ3n) is 7.91. The molecule has 1 amide bonds. The van der Waals surface area contributed by atoms with Crippen LogP contribution in [0.2, 0.25) is 0 Å². The van der Waals surface area contributed by atoms with Crippen molar-refractivity contribution in [2.24, 2.45) is 0 Å². The topological polar surface area (TPSA) is 93.2 Å². The first-order valence-electron chi connectivity index (χ1n) is 13.9. The van der Waals surface area contributed by atoms with Gasteiger partial charge in [0.05, 0.1) is 11.1 Å². The molecule has 0 radical (unpaired) electrons. The number of hydrogen-bond acceptors (Lipinski definition) is 7. The summed E-state index contributed by atoms with van der Waals surface area (Å²) in [5.41, 5.74) is 1.39. The van der Waals surface area contributed by atoms with E-state index in [0.29, 0.717) is 65.9 Å². The van der Waals surface area contributed by atoms with Crippen molar-refractivity contribution in [3.63, 3.8) is 0 Å². The number of likely N-dealkylation sites (tertiary alicyclic amines) is 1. The summed E-state index contributed by atoms with van der Waals surface area (Å²) in [4.78, 5) is 29.7. The van der Waals surface area contributed by atoms with Crippen molar-refractivity contribution in [2.75, 3.05) is 31.1 Å². The van der Waals surface area contributed by atoms with Gasteiger partial charge in [0.2, 0.25) is 0 Å². The zero-order valence-corrected chi connectivity index (χ0v) is 23.0. The Morgan fingerprint density at radius 1 is 1.05 bits per heavy atom. The van der Waals surface area contributed by atoms with Crippen LogP contribution < -0.4 is 4.90 Å². The van der Waals surface area contributed by atoms with Crippen LogP contribution in [0.3, 0.4) is 0 Å². The van der Waals surface area contributed by atoms with E-state index in [1.54, 1.807) is 17.0 Å². The number of piperidine rings is 1. The molecule has 4 aromatic rings. The summed E-state index contributed by atoms with van der Waals surface area (Å²) < 4.78 is 37.8. The molecule has 0 atom stereocenters. The molecule has 0 bridgehead atoms. The van der Waals surface area contributed by atoms with Gasteiger partial charge in [0.1, 0.15) is 17.8 Å². The minimum absolute atomic E-state index is 0.0311. The Hall–Kier alpha value is -3.89. The summed E-state index contributed by atoms with van der Waals surface area (Å²) in [6, 6.07) is 5.05. The van der Waals surface area contributed by atoms with E-state index in [1.807, 2.05) is 25.3 Å². The third-order valence-corrected chi connectivity index (χ3v) is 7.91. The van der Waals surface area contributed by atoms with E-state index in [9.17, 15) is 4.79 Å². The number of anilines is 1. The molecule has 11 heteroatoms. The molecule has 0 aliphatic carbocycles. The number of hydrogen-bond donors (Lipinski definition) is 0. The highest BCUT2D eigenvalue weighted by Crippen LogP contribution is 2.32. The van der Waals surface area contributed by atoms with Crippen LogP contribution >= 0.6 is 0 Å². The molecule has 2 saturated heterocycles. The first-order valence-corrected chi connectivity index (χ1v) is 13.9. The predicted molar refractivity (Wildman–Crippen MR) is 145 cm³/mol. The average molecular weight is 550 g/mol. The van der Waals surface area contributed by atoms with Crippen molar-refractivity contribution < 1.29 is 18.1 Å². The van der Waals surface area contributed by atoms with E-state index in [0.717, 1.165) is 25.7 Å². The lowest BCUT2D eigenvalue weighted by molar-refractivity contribution is 0.0792. The van der Waals surface area contributed by atoms with Gasteiger partial charge in [-0.1, -0.05) is 32.0 Å². The Kier molecular flexibility index (Phi) is 6.75. The molecule has 2 fully saturated rings. The smallest absolute Gasteiger partial charge is 0.324 e. The number of carbonyl (C=O) groups is 1.